The minimum Gasteiger partial charge on any atom is -0.339 e. The minimum absolute atomic E-state index is 0.00961. The molecule has 0 radical (unpaired) electrons. The fourth-order valence-electron chi connectivity index (χ4n) is 3.28. The molecule has 0 bridgehead atoms. The topological polar surface area (TPSA) is 78.5 Å². The van der Waals surface area contributed by atoms with E-state index in [1.807, 2.05) is 11.8 Å². The first-order valence-corrected chi connectivity index (χ1v) is 9.59. The molecular formula is C22H25N3O3. The fourth-order valence-corrected chi connectivity index (χ4v) is 3.28. The monoisotopic (exact) mass is 379 g/mol. The Morgan fingerprint density at radius 2 is 1.71 bits per heavy atom. The van der Waals surface area contributed by atoms with Gasteiger partial charge >= 0.3 is 0 Å². The Bertz CT molecular complexity index is 902. The predicted octanol–water partition coefficient (Wildman–Crippen LogP) is 3.83. The molecule has 28 heavy (non-hydrogen) atoms. The largest absolute Gasteiger partial charge is 0.339 e. The molecule has 2 aromatic carbocycles. The molecule has 0 atom stereocenters. The Kier molecular flexibility index (Phi) is 6.09. The van der Waals surface area contributed by atoms with Gasteiger partial charge in [0.1, 0.15) is 0 Å². The van der Waals surface area contributed by atoms with Gasteiger partial charge in [-0.2, -0.15) is 0 Å². The Balaban J connectivity index is 1.77. The van der Waals surface area contributed by atoms with Crippen molar-refractivity contribution in [3.05, 3.63) is 59.2 Å². The van der Waals surface area contributed by atoms with Gasteiger partial charge in [0.25, 0.3) is 11.8 Å². The molecule has 6 heteroatoms. The van der Waals surface area contributed by atoms with E-state index in [1.165, 1.54) is 0 Å². The highest BCUT2D eigenvalue weighted by Crippen LogP contribution is 2.23. The smallest absolute Gasteiger partial charge is 0.255 e. The van der Waals surface area contributed by atoms with E-state index < -0.39 is 0 Å². The second kappa shape index (κ2) is 8.69. The van der Waals surface area contributed by atoms with Gasteiger partial charge in [0.2, 0.25) is 5.91 Å². The lowest BCUT2D eigenvalue weighted by atomic mass is 10.0. The molecule has 2 aromatic rings. The van der Waals surface area contributed by atoms with Crippen LogP contribution in [0, 0.1) is 6.92 Å². The van der Waals surface area contributed by atoms with Crippen LogP contribution in [-0.2, 0) is 4.79 Å². The van der Waals surface area contributed by atoms with Crippen molar-refractivity contribution in [2.24, 2.45) is 0 Å². The maximum Gasteiger partial charge on any atom is 0.255 e. The zero-order chi connectivity index (χ0) is 20.1. The van der Waals surface area contributed by atoms with E-state index in [2.05, 4.69) is 10.6 Å². The van der Waals surface area contributed by atoms with E-state index in [1.54, 1.807) is 49.4 Å². The highest BCUT2D eigenvalue weighted by Gasteiger charge is 2.22. The third-order valence-electron chi connectivity index (χ3n) is 4.94. The summed E-state index contributed by atoms with van der Waals surface area (Å²) in [5, 5.41) is 5.63. The van der Waals surface area contributed by atoms with Crippen molar-refractivity contribution >= 4 is 29.1 Å². The highest BCUT2D eigenvalue weighted by molar-refractivity contribution is 6.07. The number of benzene rings is 2. The molecular weight excluding hydrogens is 354 g/mol. The maximum absolute atomic E-state index is 12.7. The first-order valence-electron chi connectivity index (χ1n) is 9.59. The molecule has 1 heterocycles. The molecule has 3 rings (SSSR count). The zero-order valence-electron chi connectivity index (χ0n) is 16.2. The van der Waals surface area contributed by atoms with Crippen LogP contribution < -0.4 is 10.6 Å². The second-order valence-corrected chi connectivity index (χ2v) is 6.91. The lowest BCUT2D eigenvalue weighted by molar-refractivity contribution is -0.115. The summed E-state index contributed by atoms with van der Waals surface area (Å²) >= 11 is 0. The van der Waals surface area contributed by atoms with Crippen molar-refractivity contribution in [1.29, 1.82) is 0 Å². The predicted molar refractivity (Wildman–Crippen MR) is 110 cm³/mol. The van der Waals surface area contributed by atoms with Gasteiger partial charge < -0.3 is 15.5 Å². The molecule has 0 aromatic heterocycles. The molecule has 0 saturated carbocycles. The maximum atomic E-state index is 12.7. The van der Waals surface area contributed by atoms with Crippen LogP contribution in [0.1, 0.15) is 52.5 Å². The van der Waals surface area contributed by atoms with Crippen molar-refractivity contribution in [2.45, 2.75) is 33.1 Å². The number of hydrogen-bond acceptors (Lipinski definition) is 3. The van der Waals surface area contributed by atoms with Crippen LogP contribution in [0.5, 0.6) is 0 Å². The minimum atomic E-state index is -0.290. The number of anilines is 2. The van der Waals surface area contributed by atoms with Gasteiger partial charge in [-0.25, -0.2) is 0 Å². The van der Waals surface area contributed by atoms with Gasteiger partial charge in [-0.15, -0.1) is 0 Å². The number of carbonyl (C=O) groups excluding carboxylic acids is 3. The number of likely N-dealkylation sites (tertiary alicyclic amines) is 1. The van der Waals surface area contributed by atoms with Crippen LogP contribution in [0.15, 0.2) is 42.5 Å². The van der Waals surface area contributed by atoms with E-state index >= 15 is 0 Å². The molecule has 0 spiro atoms. The molecule has 146 valence electrons. The van der Waals surface area contributed by atoms with Crippen molar-refractivity contribution in [3.63, 3.8) is 0 Å². The molecule has 0 aliphatic carbocycles. The Morgan fingerprint density at radius 1 is 1.00 bits per heavy atom. The standard InChI is InChI=1S/C22H25N3O3/c1-3-20(26)23-17-9-6-8-16(14-17)21(27)24-19-11-7-10-18(15(19)2)22(28)25-12-4-5-13-25/h6-11,14H,3-5,12-13H2,1-2H3,(H,23,26)(H,24,27). The van der Waals surface area contributed by atoms with E-state index in [-0.39, 0.29) is 17.7 Å². The fraction of sp³-hybridized carbons (Fsp3) is 0.318. The van der Waals surface area contributed by atoms with E-state index in [9.17, 15) is 14.4 Å². The summed E-state index contributed by atoms with van der Waals surface area (Å²) in [5.41, 5.74) is 2.99. The second-order valence-electron chi connectivity index (χ2n) is 6.91. The van der Waals surface area contributed by atoms with Gasteiger partial charge in [-0.3, -0.25) is 14.4 Å². The summed E-state index contributed by atoms with van der Waals surface area (Å²) in [6.07, 6.45) is 2.44. The molecule has 2 N–H and O–H groups in total. The summed E-state index contributed by atoms with van der Waals surface area (Å²) in [7, 11) is 0. The van der Waals surface area contributed by atoms with Crippen molar-refractivity contribution < 1.29 is 14.4 Å². The van der Waals surface area contributed by atoms with Crippen molar-refractivity contribution in [3.8, 4) is 0 Å². The van der Waals surface area contributed by atoms with Gasteiger partial charge in [0, 0.05) is 42.0 Å². The molecule has 1 aliphatic heterocycles. The summed E-state index contributed by atoms with van der Waals surface area (Å²) in [6.45, 7) is 5.18. The number of carbonyl (C=O) groups is 3. The first kappa shape index (κ1) is 19.6. The van der Waals surface area contributed by atoms with Crippen LogP contribution >= 0.6 is 0 Å². The zero-order valence-corrected chi connectivity index (χ0v) is 16.2. The third kappa shape index (κ3) is 4.39. The average molecular weight is 379 g/mol. The quantitative estimate of drug-likeness (QED) is 0.829. The van der Waals surface area contributed by atoms with Crippen LogP contribution in [-0.4, -0.2) is 35.7 Å². The van der Waals surface area contributed by atoms with Crippen molar-refractivity contribution in [2.75, 3.05) is 23.7 Å². The van der Waals surface area contributed by atoms with Crippen LogP contribution in [0.25, 0.3) is 0 Å². The van der Waals surface area contributed by atoms with Crippen LogP contribution in [0.2, 0.25) is 0 Å². The van der Waals surface area contributed by atoms with Gasteiger partial charge in [0.05, 0.1) is 0 Å². The van der Waals surface area contributed by atoms with E-state index in [4.69, 9.17) is 0 Å². The number of rotatable bonds is 5. The number of nitrogens with zero attached hydrogens (tertiary/aromatic N) is 1. The van der Waals surface area contributed by atoms with E-state index in [0.29, 0.717) is 28.9 Å². The normalized spacial score (nSPS) is 13.3. The Labute approximate surface area is 164 Å². The molecule has 0 unspecified atom stereocenters. The van der Waals surface area contributed by atoms with Gasteiger partial charge in [0.15, 0.2) is 0 Å². The Hall–Kier alpha value is -3.15. The molecule has 1 aliphatic rings. The SMILES string of the molecule is CCC(=O)Nc1cccc(C(=O)Nc2cccc(C(=O)N3CCCC3)c2C)c1. The third-order valence-corrected chi connectivity index (χ3v) is 4.94. The number of amides is 3. The highest BCUT2D eigenvalue weighted by atomic mass is 16.2. The summed E-state index contributed by atoms with van der Waals surface area (Å²) in [6, 6.07) is 12.2. The van der Waals surface area contributed by atoms with E-state index in [0.717, 1.165) is 31.5 Å². The first-order chi connectivity index (χ1) is 13.5. The molecule has 6 nitrogen and oxygen atoms in total. The lowest BCUT2D eigenvalue weighted by Gasteiger charge is -2.18. The van der Waals surface area contributed by atoms with Gasteiger partial charge in [-0.1, -0.05) is 19.1 Å². The summed E-state index contributed by atoms with van der Waals surface area (Å²) in [5.74, 6) is -0.390. The van der Waals surface area contributed by atoms with Gasteiger partial charge in [-0.05, 0) is 55.7 Å². The average Bonchev–Trinajstić information content (AvgIpc) is 3.24. The van der Waals surface area contributed by atoms with Crippen molar-refractivity contribution in [1.82, 2.24) is 4.90 Å². The molecule has 1 fully saturated rings. The van der Waals surface area contributed by atoms with Crippen LogP contribution in [0.4, 0.5) is 11.4 Å². The molecule has 3 amide bonds. The number of hydrogen-bond donors (Lipinski definition) is 2. The van der Waals surface area contributed by atoms with Crippen LogP contribution in [0.3, 0.4) is 0 Å². The summed E-state index contributed by atoms with van der Waals surface area (Å²) in [4.78, 5) is 38.8. The number of nitrogens with one attached hydrogen (secondary N) is 2. The summed E-state index contributed by atoms with van der Waals surface area (Å²) < 4.78 is 0. The molecule has 1 saturated heterocycles. The lowest BCUT2D eigenvalue weighted by Crippen LogP contribution is -2.28. The Morgan fingerprint density at radius 3 is 2.43 bits per heavy atom.